The van der Waals surface area contributed by atoms with Gasteiger partial charge in [0.05, 0.1) is 0 Å². The van der Waals surface area contributed by atoms with Crippen molar-refractivity contribution in [1.29, 1.82) is 0 Å². The molecule has 0 aromatic heterocycles. The van der Waals surface area contributed by atoms with Gasteiger partial charge in [-0.15, -0.1) is 0 Å². The lowest BCUT2D eigenvalue weighted by Crippen LogP contribution is -2.14. The van der Waals surface area contributed by atoms with E-state index in [0.29, 0.717) is 11.8 Å². The van der Waals surface area contributed by atoms with E-state index in [1.807, 2.05) is 27.7 Å². The molecule has 1 unspecified atom stereocenters. The molecule has 2 heterocycles. The number of rotatable bonds is 0. The summed E-state index contributed by atoms with van der Waals surface area (Å²) in [6.45, 7) is 10.2. The molecule has 2 aromatic carbocycles. The Bertz CT molecular complexity index is 569. The molecule has 2 heteroatoms. The predicted octanol–water partition coefficient (Wildman–Crippen LogP) is 5.66. The third-order valence-corrected chi connectivity index (χ3v) is 4.36. The van der Waals surface area contributed by atoms with Crippen LogP contribution in [0, 0.1) is 0 Å². The van der Waals surface area contributed by atoms with E-state index in [9.17, 15) is 0 Å². The van der Waals surface area contributed by atoms with Crippen molar-refractivity contribution in [2.75, 3.05) is 20.1 Å². The molecule has 0 amide bonds. The number of fused-ring (bicyclic) bond motifs is 5. The number of hydrogen-bond acceptors (Lipinski definition) is 2. The van der Waals surface area contributed by atoms with Crippen LogP contribution in [0.2, 0.25) is 0 Å². The molecule has 0 spiro atoms. The van der Waals surface area contributed by atoms with Gasteiger partial charge in [-0.2, -0.15) is 0 Å². The van der Waals surface area contributed by atoms with Crippen molar-refractivity contribution < 1.29 is 4.74 Å². The lowest BCUT2D eigenvalue weighted by Gasteiger charge is -2.16. The van der Waals surface area contributed by atoms with E-state index < -0.39 is 0 Å². The van der Waals surface area contributed by atoms with Crippen molar-refractivity contribution in [2.45, 2.75) is 39.5 Å². The third-order valence-electron chi connectivity index (χ3n) is 4.36. The zero-order chi connectivity index (χ0) is 16.8. The van der Waals surface area contributed by atoms with Gasteiger partial charge >= 0.3 is 0 Å². The molecule has 0 saturated carbocycles. The highest BCUT2D eigenvalue weighted by Crippen LogP contribution is 2.49. The maximum Gasteiger partial charge on any atom is 0.130 e. The summed E-state index contributed by atoms with van der Waals surface area (Å²) in [5, 5.41) is 0. The van der Waals surface area contributed by atoms with Gasteiger partial charge in [-0.25, -0.2) is 0 Å². The number of para-hydroxylation sites is 2. The van der Waals surface area contributed by atoms with Crippen LogP contribution in [-0.4, -0.2) is 25.0 Å². The van der Waals surface area contributed by atoms with Crippen molar-refractivity contribution >= 4 is 0 Å². The Morgan fingerprint density at radius 1 is 0.739 bits per heavy atom. The number of likely N-dealkylation sites (tertiary alicyclic amines) is 1. The van der Waals surface area contributed by atoms with E-state index in [2.05, 4.69) is 60.5 Å². The van der Waals surface area contributed by atoms with Crippen LogP contribution >= 0.6 is 0 Å². The Labute approximate surface area is 141 Å². The molecule has 2 aliphatic rings. The van der Waals surface area contributed by atoms with E-state index >= 15 is 0 Å². The van der Waals surface area contributed by atoms with E-state index in [4.69, 9.17) is 4.74 Å². The first-order chi connectivity index (χ1) is 11.3. The second-order valence-electron chi connectivity index (χ2n) is 5.61. The van der Waals surface area contributed by atoms with Gasteiger partial charge in [0, 0.05) is 24.9 Å². The van der Waals surface area contributed by atoms with E-state index in [1.165, 1.54) is 11.1 Å². The first-order valence-corrected chi connectivity index (χ1v) is 8.87. The van der Waals surface area contributed by atoms with Gasteiger partial charge in [0.2, 0.25) is 0 Å². The fourth-order valence-electron chi connectivity index (χ4n) is 3.51. The maximum absolute atomic E-state index is 6.16. The number of benzene rings is 2. The quantitative estimate of drug-likeness (QED) is 0.622. The van der Waals surface area contributed by atoms with Crippen molar-refractivity contribution in [1.82, 2.24) is 4.90 Å². The van der Waals surface area contributed by atoms with Gasteiger partial charge in [0.25, 0.3) is 0 Å². The molecule has 2 aromatic rings. The normalized spacial score (nSPS) is 21.1. The van der Waals surface area contributed by atoms with Gasteiger partial charge in [-0.1, -0.05) is 64.1 Å². The van der Waals surface area contributed by atoms with Crippen LogP contribution in [0.1, 0.15) is 50.7 Å². The van der Waals surface area contributed by atoms with Crippen LogP contribution in [0.15, 0.2) is 48.5 Å². The Kier molecular flexibility index (Phi) is 6.23. The summed E-state index contributed by atoms with van der Waals surface area (Å²) in [6.07, 6.45) is 0. The number of likely N-dealkylation sites (N-methyl/N-ethyl adjacent to an activating group) is 1. The van der Waals surface area contributed by atoms with Gasteiger partial charge in [0.1, 0.15) is 11.5 Å². The molecule has 1 fully saturated rings. The monoisotopic (exact) mass is 311 g/mol. The summed E-state index contributed by atoms with van der Waals surface area (Å²) in [6, 6.07) is 17.0. The van der Waals surface area contributed by atoms with E-state index in [-0.39, 0.29) is 0 Å². The van der Waals surface area contributed by atoms with Crippen molar-refractivity contribution in [2.24, 2.45) is 0 Å². The summed E-state index contributed by atoms with van der Waals surface area (Å²) in [7, 11) is 2.21. The van der Waals surface area contributed by atoms with Crippen LogP contribution in [-0.2, 0) is 0 Å². The molecule has 0 aliphatic carbocycles. The van der Waals surface area contributed by atoms with Crippen LogP contribution in [0.4, 0.5) is 0 Å². The van der Waals surface area contributed by atoms with Gasteiger partial charge in [-0.3, -0.25) is 0 Å². The minimum atomic E-state index is 0.546. The highest BCUT2D eigenvalue weighted by Gasteiger charge is 2.38. The van der Waals surface area contributed by atoms with Crippen LogP contribution in [0.5, 0.6) is 11.5 Å². The largest absolute Gasteiger partial charge is 0.457 e. The fraction of sp³-hybridized carbons (Fsp3) is 0.429. The number of hydrogen-bond donors (Lipinski definition) is 0. The first-order valence-electron chi connectivity index (χ1n) is 8.87. The predicted molar refractivity (Wildman–Crippen MR) is 98.6 cm³/mol. The van der Waals surface area contributed by atoms with Crippen LogP contribution in [0.25, 0.3) is 0 Å². The minimum Gasteiger partial charge on any atom is -0.457 e. The number of nitrogens with zero attached hydrogens (tertiary/aromatic N) is 1. The Hall–Kier alpha value is -1.80. The average molecular weight is 311 g/mol. The summed E-state index contributed by atoms with van der Waals surface area (Å²) in [5.74, 6) is 3.14. The zero-order valence-corrected chi connectivity index (χ0v) is 15.0. The zero-order valence-electron chi connectivity index (χ0n) is 15.0. The molecule has 2 atom stereocenters. The molecule has 0 N–H and O–H groups in total. The summed E-state index contributed by atoms with van der Waals surface area (Å²) < 4.78 is 6.16. The topological polar surface area (TPSA) is 12.5 Å². The smallest absolute Gasteiger partial charge is 0.130 e. The molecule has 23 heavy (non-hydrogen) atoms. The molecule has 0 radical (unpaired) electrons. The Morgan fingerprint density at radius 3 is 1.57 bits per heavy atom. The maximum atomic E-state index is 6.16. The van der Waals surface area contributed by atoms with Crippen molar-refractivity contribution in [3.05, 3.63) is 59.7 Å². The summed E-state index contributed by atoms with van der Waals surface area (Å²) in [4.78, 5) is 2.42. The molecule has 2 nitrogen and oxygen atoms in total. The van der Waals surface area contributed by atoms with Gasteiger partial charge < -0.3 is 9.64 Å². The van der Waals surface area contributed by atoms with Crippen LogP contribution in [0.3, 0.4) is 0 Å². The molecule has 2 aliphatic heterocycles. The summed E-state index contributed by atoms with van der Waals surface area (Å²) in [5.41, 5.74) is 2.71. The minimum absolute atomic E-state index is 0.546. The molecule has 4 rings (SSSR count). The lowest BCUT2D eigenvalue weighted by atomic mass is 9.84. The molecule has 124 valence electrons. The SMILES string of the molecule is CC.CC.CN1CC2c3ccccc3Oc3ccccc3[C@@H]2C1. The molecule has 0 bridgehead atoms. The third kappa shape index (κ3) is 3.42. The van der Waals surface area contributed by atoms with Crippen LogP contribution < -0.4 is 4.74 Å². The highest BCUT2D eigenvalue weighted by molar-refractivity contribution is 5.50. The second kappa shape index (κ2) is 8.16. The Balaban J connectivity index is 0.000000448. The number of ether oxygens (including phenoxy) is 1. The highest BCUT2D eigenvalue weighted by atomic mass is 16.5. The molecular weight excluding hydrogens is 282 g/mol. The van der Waals surface area contributed by atoms with Gasteiger partial charge in [-0.05, 0) is 30.3 Å². The average Bonchev–Trinajstić information content (AvgIpc) is 2.95. The molecule has 1 saturated heterocycles. The lowest BCUT2D eigenvalue weighted by molar-refractivity contribution is 0.401. The summed E-state index contributed by atoms with van der Waals surface area (Å²) >= 11 is 0. The standard InChI is InChI=1S/C17H17NO.2C2H6/c1-18-10-14-12-6-2-4-8-16(12)19-17-9-5-3-7-13(17)15(14)11-18;2*1-2/h2-9,14-15H,10-11H2,1H3;2*1-2H3/t14-,15?;;/m0../s1. The Morgan fingerprint density at radius 2 is 1.13 bits per heavy atom. The van der Waals surface area contributed by atoms with E-state index in [0.717, 1.165) is 24.6 Å². The molecular formula is C21H29NO. The van der Waals surface area contributed by atoms with E-state index in [1.54, 1.807) is 0 Å². The van der Waals surface area contributed by atoms with Crippen molar-refractivity contribution in [3.63, 3.8) is 0 Å². The first kappa shape index (κ1) is 17.6. The van der Waals surface area contributed by atoms with Crippen molar-refractivity contribution in [3.8, 4) is 11.5 Å². The fourth-order valence-corrected chi connectivity index (χ4v) is 3.51. The second-order valence-corrected chi connectivity index (χ2v) is 5.61. The van der Waals surface area contributed by atoms with Gasteiger partial charge in [0.15, 0.2) is 0 Å².